The van der Waals surface area contributed by atoms with Crippen molar-refractivity contribution in [1.82, 2.24) is 0 Å². The molecule has 0 aliphatic heterocycles. The summed E-state index contributed by atoms with van der Waals surface area (Å²) in [6.07, 6.45) is 0.561. The largest absolute Gasteiger partial charge is 0.493 e. The Kier molecular flexibility index (Phi) is 4.78. The van der Waals surface area contributed by atoms with Gasteiger partial charge >= 0.3 is 0 Å². The highest BCUT2D eigenvalue weighted by atomic mass is 16.5. The molecular weight excluding hydrogens is 244 g/mol. The highest BCUT2D eigenvalue weighted by Crippen LogP contribution is 2.33. The Morgan fingerprint density at radius 2 is 1.84 bits per heavy atom. The lowest BCUT2D eigenvalue weighted by atomic mass is 9.99. The topological polar surface area (TPSA) is 73.6 Å². The van der Waals surface area contributed by atoms with Gasteiger partial charge in [-0.05, 0) is 31.9 Å². The molecule has 3 N–H and O–H groups in total. The first-order valence-corrected chi connectivity index (χ1v) is 6.18. The van der Waals surface area contributed by atoms with Gasteiger partial charge in [-0.1, -0.05) is 6.92 Å². The van der Waals surface area contributed by atoms with E-state index in [1.54, 1.807) is 27.2 Å². The molecule has 1 aromatic rings. The summed E-state index contributed by atoms with van der Waals surface area (Å²) in [7, 11) is 3.13. The standard InChI is InChI=1S/C14H22N2O3/c1-6-14(3,15)13(17)16-10-8-12(19-5)11(18-4)7-9(10)2/h7-8H,6,15H2,1-5H3,(H,16,17). The van der Waals surface area contributed by atoms with Crippen molar-refractivity contribution < 1.29 is 14.3 Å². The summed E-state index contributed by atoms with van der Waals surface area (Å²) in [6.45, 7) is 5.47. The first kappa shape index (κ1) is 15.3. The van der Waals surface area contributed by atoms with Crippen LogP contribution >= 0.6 is 0 Å². The first-order chi connectivity index (χ1) is 8.85. The van der Waals surface area contributed by atoms with Gasteiger partial charge < -0.3 is 20.5 Å². The minimum Gasteiger partial charge on any atom is -0.493 e. The van der Waals surface area contributed by atoms with E-state index >= 15 is 0 Å². The van der Waals surface area contributed by atoms with Gasteiger partial charge in [0.2, 0.25) is 5.91 Å². The number of carbonyl (C=O) groups excluding carboxylic acids is 1. The second-order valence-corrected chi connectivity index (χ2v) is 4.75. The number of aryl methyl sites for hydroxylation is 1. The Morgan fingerprint density at radius 3 is 2.32 bits per heavy atom. The van der Waals surface area contributed by atoms with Gasteiger partial charge in [-0.15, -0.1) is 0 Å². The van der Waals surface area contributed by atoms with E-state index in [-0.39, 0.29) is 5.91 Å². The highest BCUT2D eigenvalue weighted by molar-refractivity contribution is 5.98. The van der Waals surface area contributed by atoms with Crippen molar-refractivity contribution >= 4 is 11.6 Å². The number of benzene rings is 1. The molecule has 0 radical (unpaired) electrons. The van der Waals surface area contributed by atoms with Gasteiger partial charge in [-0.3, -0.25) is 4.79 Å². The lowest BCUT2D eigenvalue weighted by Crippen LogP contribution is -2.47. The maximum absolute atomic E-state index is 12.1. The Balaban J connectivity index is 3.05. The fraction of sp³-hybridized carbons (Fsp3) is 0.500. The molecule has 0 spiro atoms. The highest BCUT2D eigenvalue weighted by Gasteiger charge is 2.26. The minimum absolute atomic E-state index is 0.217. The van der Waals surface area contributed by atoms with E-state index in [1.165, 1.54) is 0 Å². The lowest BCUT2D eigenvalue weighted by molar-refractivity contribution is -0.120. The van der Waals surface area contributed by atoms with Crippen LogP contribution in [0.15, 0.2) is 12.1 Å². The molecule has 1 rings (SSSR count). The molecule has 106 valence electrons. The quantitative estimate of drug-likeness (QED) is 0.855. The monoisotopic (exact) mass is 266 g/mol. The number of rotatable bonds is 5. The molecule has 1 unspecified atom stereocenters. The van der Waals surface area contributed by atoms with Crippen LogP contribution in [0.4, 0.5) is 5.69 Å². The third-order valence-electron chi connectivity index (χ3n) is 3.23. The number of amides is 1. The average Bonchev–Trinajstić information content (AvgIpc) is 2.40. The summed E-state index contributed by atoms with van der Waals surface area (Å²) < 4.78 is 10.4. The summed E-state index contributed by atoms with van der Waals surface area (Å²) in [4.78, 5) is 12.1. The van der Waals surface area contributed by atoms with Crippen LogP contribution in [0.5, 0.6) is 11.5 Å². The number of hydrogen-bond acceptors (Lipinski definition) is 4. The predicted octanol–water partition coefficient (Wildman–Crippen LogP) is 2.08. The maximum Gasteiger partial charge on any atom is 0.244 e. The number of ether oxygens (including phenoxy) is 2. The molecule has 1 aromatic carbocycles. The number of nitrogens with two attached hydrogens (primary N) is 1. The molecular formula is C14H22N2O3. The number of carbonyl (C=O) groups is 1. The van der Waals surface area contributed by atoms with Gasteiger partial charge in [-0.2, -0.15) is 0 Å². The van der Waals surface area contributed by atoms with Crippen LogP contribution < -0.4 is 20.5 Å². The molecule has 1 amide bonds. The molecule has 5 nitrogen and oxygen atoms in total. The third kappa shape index (κ3) is 3.38. The van der Waals surface area contributed by atoms with Crippen LogP contribution in [0.2, 0.25) is 0 Å². The van der Waals surface area contributed by atoms with Crippen molar-refractivity contribution in [3.63, 3.8) is 0 Å². The molecule has 0 bridgehead atoms. The minimum atomic E-state index is -0.889. The van der Waals surface area contributed by atoms with Crippen molar-refractivity contribution in [2.24, 2.45) is 5.73 Å². The zero-order valence-corrected chi connectivity index (χ0v) is 12.2. The van der Waals surface area contributed by atoms with Crippen molar-refractivity contribution in [3.05, 3.63) is 17.7 Å². The van der Waals surface area contributed by atoms with Crippen LogP contribution in [0.1, 0.15) is 25.8 Å². The predicted molar refractivity (Wildman–Crippen MR) is 75.8 cm³/mol. The summed E-state index contributed by atoms with van der Waals surface area (Å²) in [5, 5.41) is 2.83. The fourth-order valence-electron chi connectivity index (χ4n) is 1.54. The van der Waals surface area contributed by atoms with Crippen LogP contribution in [0, 0.1) is 6.92 Å². The van der Waals surface area contributed by atoms with Gasteiger partial charge in [-0.25, -0.2) is 0 Å². The van der Waals surface area contributed by atoms with Gasteiger partial charge in [0.15, 0.2) is 11.5 Å². The second-order valence-electron chi connectivity index (χ2n) is 4.75. The molecule has 5 heteroatoms. The second kappa shape index (κ2) is 5.93. The van der Waals surface area contributed by atoms with Crippen LogP contribution in [0.25, 0.3) is 0 Å². The Hall–Kier alpha value is -1.75. The van der Waals surface area contributed by atoms with Gasteiger partial charge in [0.1, 0.15) is 0 Å². The van der Waals surface area contributed by atoms with Crippen LogP contribution in [-0.4, -0.2) is 25.7 Å². The first-order valence-electron chi connectivity index (χ1n) is 6.18. The van der Waals surface area contributed by atoms with E-state index in [9.17, 15) is 4.79 Å². The summed E-state index contributed by atoms with van der Waals surface area (Å²) >= 11 is 0. The van der Waals surface area contributed by atoms with Crippen molar-refractivity contribution in [3.8, 4) is 11.5 Å². The number of hydrogen-bond donors (Lipinski definition) is 2. The van der Waals surface area contributed by atoms with E-state index in [4.69, 9.17) is 15.2 Å². The van der Waals surface area contributed by atoms with Crippen molar-refractivity contribution in [2.75, 3.05) is 19.5 Å². The van der Waals surface area contributed by atoms with Crippen LogP contribution in [-0.2, 0) is 4.79 Å². The smallest absolute Gasteiger partial charge is 0.244 e. The average molecular weight is 266 g/mol. The van der Waals surface area contributed by atoms with E-state index in [0.29, 0.717) is 23.6 Å². The summed E-state index contributed by atoms with van der Waals surface area (Å²) in [5.74, 6) is 0.980. The molecule has 0 fully saturated rings. The molecule has 0 saturated heterocycles. The number of anilines is 1. The Morgan fingerprint density at radius 1 is 1.32 bits per heavy atom. The van der Waals surface area contributed by atoms with Gasteiger partial charge in [0.25, 0.3) is 0 Å². The third-order valence-corrected chi connectivity index (χ3v) is 3.23. The maximum atomic E-state index is 12.1. The summed E-state index contributed by atoms with van der Waals surface area (Å²) in [6, 6.07) is 3.55. The molecule has 0 aromatic heterocycles. The van der Waals surface area contributed by atoms with Crippen molar-refractivity contribution in [2.45, 2.75) is 32.7 Å². The van der Waals surface area contributed by atoms with E-state index in [0.717, 1.165) is 5.56 Å². The molecule has 19 heavy (non-hydrogen) atoms. The van der Waals surface area contributed by atoms with Crippen LogP contribution in [0.3, 0.4) is 0 Å². The summed E-state index contributed by atoms with van der Waals surface area (Å²) in [5.41, 5.74) is 6.59. The zero-order valence-electron chi connectivity index (χ0n) is 12.2. The van der Waals surface area contributed by atoms with E-state index in [1.807, 2.05) is 19.9 Å². The molecule has 0 aliphatic rings. The lowest BCUT2D eigenvalue weighted by Gasteiger charge is -2.22. The van der Waals surface area contributed by atoms with Gasteiger partial charge in [0, 0.05) is 11.8 Å². The molecule has 0 aliphatic carbocycles. The van der Waals surface area contributed by atoms with E-state index < -0.39 is 5.54 Å². The fourth-order valence-corrected chi connectivity index (χ4v) is 1.54. The number of methoxy groups -OCH3 is 2. The number of nitrogens with one attached hydrogen (secondary N) is 1. The Bertz CT molecular complexity index is 470. The molecule has 1 atom stereocenters. The van der Waals surface area contributed by atoms with Crippen molar-refractivity contribution in [1.29, 1.82) is 0 Å². The van der Waals surface area contributed by atoms with E-state index in [2.05, 4.69) is 5.32 Å². The normalized spacial score (nSPS) is 13.6. The van der Waals surface area contributed by atoms with Gasteiger partial charge in [0.05, 0.1) is 19.8 Å². The molecule has 0 heterocycles. The zero-order chi connectivity index (χ0) is 14.6. The Labute approximate surface area is 114 Å². The SMILES string of the molecule is CCC(C)(N)C(=O)Nc1cc(OC)c(OC)cc1C. The molecule has 0 saturated carbocycles.